The first kappa shape index (κ1) is 7.65. The molecule has 8 heteroatoms. The zero-order valence-electron chi connectivity index (χ0n) is 6.18. The van der Waals surface area contributed by atoms with Crippen molar-refractivity contribution in [3.8, 4) is 0 Å². The Kier molecular flexibility index (Phi) is 1.47. The van der Waals surface area contributed by atoms with Crippen molar-refractivity contribution in [2.45, 2.75) is 12.3 Å². The molecule has 0 aliphatic carbocycles. The van der Waals surface area contributed by atoms with Gasteiger partial charge in [-0.2, -0.15) is 0 Å². The molecule has 68 valence electrons. The lowest BCUT2D eigenvalue weighted by Crippen LogP contribution is -2.40. The van der Waals surface area contributed by atoms with Crippen LogP contribution in [0.25, 0.3) is 0 Å². The number of ether oxygens (including phenoxy) is 1. The third-order valence-corrected chi connectivity index (χ3v) is 1.57. The third kappa shape index (κ3) is 1.21. The molecule has 0 aromatic carbocycles. The van der Waals surface area contributed by atoms with Crippen LogP contribution >= 0.6 is 0 Å². The average Bonchev–Trinajstić information content (AvgIpc) is 2.58. The Morgan fingerprint density at radius 3 is 2.54 bits per heavy atom. The van der Waals surface area contributed by atoms with E-state index in [1.54, 1.807) is 0 Å². The van der Waals surface area contributed by atoms with E-state index < -0.39 is 30.3 Å². The summed E-state index contributed by atoms with van der Waals surface area (Å²) in [6.07, 6.45) is -1.90. The number of imide groups is 1. The number of urea groups is 1. The fourth-order valence-corrected chi connectivity index (χ4v) is 1.02. The maximum Gasteiger partial charge on any atom is 0.454 e. The second kappa shape index (κ2) is 2.51. The summed E-state index contributed by atoms with van der Waals surface area (Å²) in [5, 5.41) is 10.6. The van der Waals surface area contributed by atoms with E-state index in [9.17, 15) is 14.4 Å². The van der Waals surface area contributed by atoms with Crippen LogP contribution in [0.15, 0.2) is 10.2 Å². The molecule has 8 nitrogen and oxygen atoms in total. The van der Waals surface area contributed by atoms with Gasteiger partial charge in [-0.05, 0) is 0 Å². The maximum atomic E-state index is 11.0. The van der Waals surface area contributed by atoms with Crippen LogP contribution in [0.4, 0.5) is 9.59 Å². The van der Waals surface area contributed by atoms with E-state index in [1.165, 1.54) is 0 Å². The summed E-state index contributed by atoms with van der Waals surface area (Å²) in [7, 11) is 0. The first-order valence-electron chi connectivity index (χ1n) is 3.39. The number of amides is 4. The molecule has 2 N–H and O–H groups in total. The number of carbonyl (C=O) groups excluding carboxylic acids is 3. The van der Waals surface area contributed by atoms with Gasteiger partial charge in [0.2, 0.25) is 6.23 Å². The highest BCUT2D eigenvalue weighted by molar-refractivity contribution is 6.04. The van der Waals surface area contributed by atoms with Crippen LogP contribution in [-0.4, -0.2) is 30.3 Å². The molecule has 0 spiro atoms. The van der Waals surface area contributed by atoms with E-state index in [-0.39, 0.29) is 0 Å². The molecule has 2 aliphatic heterocycles. The van der Waals surface area contributed by atoms with Gasteiger partial charge in [-0.15, -0.1) is 5.11 Å². The van der Waals surface area contributed by atoms with Crippen LogP contribution in [0.2, 0.25) is 0 Å². The second-order valence-electron chi connectivity index (χ2n) is 2.43. The molecule has 2 rings (SSSR count). The molecule has 1 fully saturated rings. The van der Waals surface area contributed by atoms with E-state index >= 15 is 0 Å². The normalized spacial score (nSPS) is 31.5. The van der Waals surface area contributed by atoms with Gasteiger partial charge in [0.05, 0.1) is 0 Å². The van der Waals surface area contributed by atoms with Gasteiger partial charge in [0.15, 0.2) is 6.04 Å². The molecule has 13 heavy (non-hydrogen) atoms. The lowest BCUT2D eigenvalue weighted by molar-refractivity contribution is -0.122. The molecule has 4 amide bonds. The molecule has 0 aromatic rings. The number of azo groups is 1. The van der Waals surface area contributed by atoms with Crippen molar-refractivity contribution in [1.29, 1.82) is 0 Å². The van der Waals surface area contributed by atoms with E-state index in [0.717, 1.165) is 0 Å². The Labute approximate surface area is 71.3 Å². The van der Waals surface area contributed by atoms with Crippen molar-refractivity contribution in [2.24, 2.45) is 10.2 Å². The molecule has 0 saturated carbocycles. The van der Waals surface area contributed by atoms with Gasteiger partial charge >= 0.3 is 12.1 Å². The molecular weight excluding hydrogens is 180 g/mol. The topological polar surface area (TPSA) is 109 Å². The highest BCUT2D eigenvalue weighted by atomic mass is 16.6. The molecule has 0 bridgehead atoms. The van der Waals surface area contributed by atoms with Crippen molar-refractivity contribution < 1.29 is 19.1 Å². The van der Waals surface area contributed by atoms with E-state index in [2.05, 4.69) is 20.3 Å². The van der Waals surface area contributed by atoms with Crippen molar-refractivity contribution in [2.75, 3.05) is 0 Å². The number of hydrogen-bond acceptors (Lipinski definition) is 5. The van der Waals surface area contributed by atoms with Gasteiger partial charge in [0.25, 0.3) is 5.91 Å². The zero-order valence-corrected chi connectivity index (χ0v) is 6.18. The first-order chi connectivity index (χ1) is 6.16. The van der Waals surface area contributed by atoms with E-state index in [4.69, 9.17) is 0 Å². The summed E-state index contributed by atoms with van der Waals surface area (Å²) in [5.41, 5.74) is 0. The van der Waals surface area contributed by atoms with Gasteiger partial charge in [0.1, 0.15) is 0 Å². The Morgan fingerprint density at radius 2 is 2.08 bits per heavy atom. The highest BCUT2D eigenvalue weighted by Gasteiger charge is 2.41. The number of carbonyl (C=O) groups is 3. The standard InChI is InChI=1S/C5H4N4O4/c10-2-1(6-4(11)7-2)3-8-9-5(12)13-3/h1,3H,(H2,6,7,10,11). The van der Waals surface area contributed by atoms with Crippen LogP contribution in [-0.2, 0) is 9.53 Å². The molecular formula is C5H4N4O4. The Bertz CT molecular complexity index is 324. The number of nitrogens with zero attached hydrogens (tertiary/aromatic N) is 2. The first-order valence-corrected chi connectivity index (χ1v) is 3.39. The summed E-state index contributed by atoms with van der Waals surface area (Å²) in [6, 6.07) is -1.60. The fourth-order valence-electron chi connectivity index (χ4n) is 1.02. The van der Waals surface area contributed by atoms with E-state index in [1.807, 2.05) is 5.32 Å². The summed E-state index contributed by atoms with van der Waals surface area (Å²) < 4.78 is 4.52. The molecule has 0 radical (unpaired) electrons. The van der Waals surface area contributed by atoms with Crippen molar-refractivity contribution in [3.63, 3.8) is 0 Å². The van der Waals surface area contributed by atoms with Crippen molar-refractivity contribution in [1.82, 2.24) is 10.6 Å². The number of cyclic esters (lactones) is 1. The van der Waals surface area contributed by atoms with Crippen LogP contribution in [0.5, 0.6) is 0 Å². The molecule has 2 unspecified atom stereocenters. The van der Waals surface area contributed by atoms with Gasteiger partial charge in [0, 0.05) is 0 Å². The summed E-state index contributed by atoms with van der Waals surface area (Å²) in [6.45, 7) is 0. The van der Waals surface area contributed by atoms with Crippen LogP contribution in [0.1, 0.15) is 0 Å². The average molecular weight is 184 g/mol. The molecule has 2 atom stereocenters. The maximum absolute atomic E-state index is 11.0. The minimum Gasteiger partial charge on any atom is -0.416 e. The molecule has 2 heterocycles. The van der Waals surface area contributed by atoms with Crippen molar-refractivity contribution >= 4 is 18.0 Å². The Morgan fingerprint density at radius 1 is 1.31 bits per heavy atom. The van der Waals surface area contributed by atoms with E-state index in [0.29, 0.717) is 0 Å². The largest absolute Gasteiger partial charge is 0.454 e. The van der Waals surface area contributed by atoms with Crippen LogP contribution in [0, 0.1) is 0 Å². The minimum absolute atomic E-state index is 0.580. The summed E-state index contributed by atoms with van der Waals surface area (Å²) in [5.74, 6) is -0.580. The minimum atomic E-state index is -1.04. The highest BCUT2D eigenvalue weighted by Crippen LogP contribution is 2.13. The predicted molar refractivity (Wildman–Crippen MR) is 35.6 cm³/mol. The number of hydrogen-bond donors (Lipinski definition) is 2. The Hall–Kier alpha value is -1.99. The van der Waals surface area contributed by atoms with Gasteiger partial charge in [-0.3, -0.25) is 10.1 Å². The zero-order chi connectivity index (χ0) is 9.42. The lowest BCUT2D eigenvalue weighted by atomic mass is 10.3. The van der Waals surface area contributed by atoms with Crippen LogP contribution in [0.3, 0.4) is 0 Å². The second-order valence-corrected chi connectivity index (χ2v) is 2.43. The van der Waals surface area contributed by atoms with Gasteiger partial charge in [-0.25, -0.2) is 9.59 Å². The molecule has 0 aromatic heterocycles. The van der Waals surface area contributed by atoms with Gasteiger partial charge in [-0.1, -0.05) is 5.11 Å². The fraction of sp³-hybridized carbons (Fsp3) is 0.400. The quantitative estimate of drug-likeness (QED) is 0.515. The van der Waals surface area contributed by atoms with Crippen molar-refractivity contribution in [3.05, 3.63) is 0 Å². The number of nitrogens with one attached hydrogen (secondary N) is 2. The summed E-state index contributed by atoms with van der Waals surface area (Å²) in [4.78, 5) is 32.1. The predicted octanol–water partition coefficient (Wildman–Crippen LogP) is -0.877. The van der Waals surface area contributed by atoms with Gasteiger partial charge < -0.3 is 10.1 Å². The van der Waals surface area contributed by atoms with Crippen LogP contribution < -0.4 is 10.6 Å². The number of rotatable bonds is 1. The third-order valence-electron chi connectivity index (χ3n) is 1.57. The molecule has 2 aliphatic rings. The SMILES string of the molecule is O=C1NC(=O)C(C2N=NC(=O)O2)N1. The monoisotopic (exact) mass is 184 g/mol. The lowest BCUT2D eigenvalue weighted by Gasteiger charge is -2.09. The summed E-state index contributed by atoms with van der Waals surface area (Å²) >= 11 is 0. The smallest absolute Gasteiger partial charge is 0.416 e. The molecule has 1 saturated heterocycles. The Balaban J connectivity index is 2.10.